The number of alkyl halides is 3. The minimum atomic E-state index is -4.72. The number of ether oxygens (including phenoxy) is 2. The number of carbonyl (C=O) groups is 1. The number of aromatic amines is 1. The van der Waals surface area contributed by atoms with Crippen LogP contribution in [0, 0.1) is 0 Å². The molecule has 7 rings (SSSR count). The minimum absolute atomic E-state index is 0.216. The normalized spacial score (nSPS) is 16.4. The van der Waals surface area contributed by atoms with Gasteiger partial charge in [0, 0.05) is 22.6 Å². The van der Waals surface area contributed by atoms with Crippen molar-refractivity contribution in [2.24, 2.45) is 0 Å². The highest BCUT2D eigenvalue weighted by molar-refractivity contribution is 6.00. The van der Waals surface area contributed by atoms with E-state index in [0.717, 1.165) is 55.7 Å². The van der Waals surface area contributed by atoms with Gasteiger partial charge in [-0.2, -0.15) is 5.10 Å². The van der Waals surface area contributed by atoms with Gasteiger partial charge < -0.3 is 14.8 Å². The quantitative estimate of drug-likeness (QED) is 0.237. The van der Waals surface area contributed by atoms with Crippen molar-refractivity contribution < 1.29 is 27.4 Å². The van der Waals surface area contributed by atoms with Gasteiger partial charge in [0.15, 0.2) is 0 Å². The van der Waals surface area contributed by atoms with Crippen LogP contribution in [0.3, 0.4) is 0 Å². The largest absolute Gasteiger partial charge is 0.573 e. The summed E-state index contributed by atoms with van der Waals surface area (Å²) in [6.45, 7) is 0.216. The highest BCUT2D eigenvalue weighted by Gasteiger charge is 2.39. The van der Waals surface area contributed by atoms with Crippen molar-refractivity contribution in [3.8, 4) is 28.0 Å². The number of rotatable bonds is 4. The van der Waals surface area contributed by atoms with E-state index < -0.39 is 6.36 Å². The third kappa shape index (κ3) is 4.16. The number of nitrogens with one attached hydrogen (secondary N) is 2. The van der Waals surface area contributed by atoms with E-state index in [1.165, 1.54) is 12.1 Å². The van der Waals surface area contributed by atoms with Crippen molar-refractivity contribution in [1.29, 1.82) is 0 Å². The monoisotopic (exact) mass is 539 g/mol. The van der Waals surface area contributed by atoms with Crippen molar-refractivity contribution in [2.75, 3.05) is 11.9 Å². The highest BCUT2D eigenvalue weighted by Crippen LogP contribution is 2.47. The van der Waals surface area contributed by atoms with Crippen LogP contribution >= 0.6 is 0 Å². The number of cyclic esters (lactones) is 1. The predicted octanol–water partition coefficient (Wildman–Crippen LogP) is 7.16. The molecule has 0 spiro atoms. The molecule has 1 atom stereocenters. The van der Waals surface area contributed by atoms with E-state index in [2.05, 4.69) is 20.3 Å². The minimum Gasteiger partial charge on any atom is -0.456 e. The van der Waals surface area contributed by atoms with Crippen molar-refractivity contribution in [3.05, 3.63) is 114 Å². The molecule has 0 amide bonds. The molecular formula is C31H20F3N3O3. The molecule has 2 N–H and O–H groups in total. The lowest BCUT2D eigenvalue weighted by atomic mass is 9.80. The Balaban J connectivity index is 1.19. The summed E-state index contributed by atoms with van der Waals surface area (Å²) in [5.41, 5.74) is 8.70. The molecule has 2 aliphatic heterocycles. The number of benzene rings is 4. The molecule has 198 valence electrons. The van der Waals surface area contributed by atoms with Crippen LogP contribution in [0.2, 0.25) is 0 Å². The lowest BCUT2D eigenvalue weighted by Crippen LogP contribution is -2.20. The molecule has 3 heterocycles. The van der Waals surface area contributed by atoms with Crippen molar-refractivity contribution in [1.82, 2.24) is 10.2 Å². The fourth-order valence-electron chi connectivity index (χ4n) is 5.47. The first-order valence-electron chi connectivity index (χ1n) is 12.5. The smallest absolute Gasteiger partial charge is 0.456 e. The Labute approximate surface area is 226 Å². The zero-order chi connectivity index (χ0) is 27.4. The van der Waals surface area contributed by atoms with Gasteiger partial charge in [-0.25, -0.2) is 4.79 Å². The first-order chi connectivity index (χ1) is 19.3. The second kappa shape index (κ2) is 9.01. The third-order valence-corrected chi connectivity index (χ3v) is 7.30. The van der Waals surface area contributed by atoms with Crippen LogP contribution in [0.15, 0.2) is 102 Å². The van der Waals surface area contributed by atoms with Gasteiger partial charge in [0.05, 0.1) is 23.0 Å². The molecule has 5 aromatic rings. The molecule has 0 saturated carbocycles. The van der Waals surface area contributed by atoms with Crippen LogP contribution in [-0.4, -0.2) is 29.1 Å². The third-order valence-electron chi connectivity index (χ3n) is 7.30. The number of nitrogens with zero attached hydrogens (tertiary/aromatic N) is 1. The summed E-state index contributed by atoms with van der Waals surface area (Å²) >= 11 is 0. The van der Waals surface area contributed by atoms with Crippen molar-refractivity contribution in [3.63, 3.8) is 0 Å². The average molecular weight is 540 g/mol. The Morgan fingerprint density at radius 1 is 0.825 bits per heavy atom. The Kier molecular flexibility index (Phi) is 5.41. The number of hydrogen-bond acceptors (Lipinski definition) is 5. The molecule has 4 aromatic carbocycles. The molecule has 2 aliphatic rings. The van der Waals surface area contributed by atoms with E-state index in [1.54, 1.807) is 18.3 Å². The van der Waals surface area contributed by atoms with Crippen molar-refractivity contribution >= 4 is 22.6 Å². The molecule has 40 heavy (non-hydrogen) atoms. The maximum Gasteiger partial charge on any atom is 0.573 e. The topological polar surface area (TPSA) is 76.2 Å². The molecule has 1 aromatic heterocycles. The molecule has 0 saturated heterocycles. The summed E-state index contributed by atoms with van der Waals surface area (Å²) in [7, 11) is 0. The van der Waals surface area contributed by atoms with Gasteiger partial charge in [0.1, 0.15) is 12.4 Å². The van der Waals surface area contributed by atoms with E-state index in [1.807, 2.05) is 60.7 Å². The summed E-state index contributed by atoms with van der Waals surface area (Å²) < 4.78 is 46.7. The van der Waals surface area contributed by atoms with Crippen LogP contribution in [0.4, 0.5) is 18.9 Å². The van der Waals surface area contributed by atoms with Crippen LogP contribution in [0.25, 0.3) is 33.2 Å². The molecule has 0 aliphatic carbocycles. The van der Waals surface area contributed by atoms with Crippen molar-refractivity contribution in [2.45, 2.75) is 12.3 Å². The molecule has 0 fully saturated rings. The fraction of sp³-hybridized carbons (Fsp3) is 0.0968. The molecule has 0 bridgehead atoms. The Hall–Kier alpha value is -5.05. The maximum atomic E-state index is 12.8. The number of anilines is 1. The number of aromatic nitrogens is 2. The standard InChI is InChI=1S/C31H20F3N3O3/c32-31(33,34)40-23-12-9-20(10-13-23)18-3-1-17(2-4-18)19-5-7-21(8-6-19)26-27-24(14-11-22-15-35-37-29(22)27)36-25-16-39-30(38)28(25)26/h1-15,26,36H,16H2,(H,35,37). The number of esters is 1. The van der Waals surface area contributed by atoms with Crippen LogP contribution in [-0.2, 0) is 9.53 Å². The molecule has 1 unspecified atom stereocenters. The van der Waals surface area contributed by atoms with Crippen LogP contribution in [0.5, 0.6) is 5.75 Å². The average Bonchev–Trinajstić information content (AvgIpc) is 3.58. The first-order valence-corrected chi connectivity index (χ1v) is 12.5. The number of fused-ring (bicyclic) bond motifs is 3. The van der Waals surface area contributed by atoms with E-state index in [0.29, 0.717) is 5.57 Å². The Morgan fingerprint density at radius 3 is 2.05 bits per heavy atom. The molecule has 0 radical (unpaired) electrons. The second-order valence-corrected chi connectivity index (χ2v) is 9.66. The lowest BCUT2D eigenvalue weighted by molar-refractivity contribution is -0.274. The number of carbonyl (C=O) groups excluding carboxylic acids is 1. The van der Waals surface area contributed by atoms with Gasteiger partial charge in [0.2, 0.25) is 0 Å². The Bertz CT molecular complexity index is 1790. The van der Waals surface area contributed by atoms with E-state index in [4.69, 9.17) is 4.74 Å². The Morgan fingerprint density at radius 2 is 1.43 bits per heavy atom. The summed E-state index contributed by atoms with van der Waals surface area (Å²) in [6.07, 6.45) is -2.96. The summed E-state index contributed by atoms with van der Waals surface area (Å²) in [4.78, 5) is 12.8. The summed E-state index contributed by atoms with van der Waals surface area (Å²) in [6, 6.07) is 25.6. The van der Waals surface area contributed by atoms with Gasteiger partial charge in [-0.3, -0.25) is 5.10 Å². The number of H-pyrrole nitrogens is 1. The highest BCUT2D eigenvalue weighted by atomic mass is 19.4. The zero-order valence-corrected chi connectivity index (χ0v) is 20.8. The molecule has 6 nitrogen and oxygen atoms in total. The van der Waals surface area contributed by atoms with E-state index in [9.17, 15) is 18.0 Å². The first kappa shape index (κ1) is 24.0. The van der Waals surface area contributed by atoms with Gasteiger partial charge in [-0.1, -0.05) is 60.7 Å². The molecule has 9 heteroatoms. The molecular weight excluding hydrogens is 519 g/mol. The fourth-order valence-corrected chi connectivity index (χ4v) is 5.47. The number of hydrogen-bond donors (Lipinski definition) is 2. The van der Waals surface area contributed by atoms with Gasteiger partial charge in [0.25, 0.3) is 0 Å². The van der Waals surface area contributed by atoms with Gasteiger partial charge in [-0.05, 0) is 52.1 Å². The SMILES string of the molecule is O=C1OCC2=C1C(c1ccc(-c3ccc(-c4ccc(OC(F)(F)F)cc4)cc3)cc1)c1c(ccc3cn[nH]c13)N2. The van der Waals surface area contributed by atoms with Crippen LogP contribution < -0.4 is 10.1 Å². The number of halogens is 3. The second-order valence-electron chi connectivity index (χ2n) is 9.66. The maximum absolute atomic E-state index is 12.8. The summed E-state index contributed by atoms with van der Waals surface area (Å²) in [5, 5.41) is 11.6. The zero-order valence-electron chi connectivity index (χ0n) is 20.8. The lowest BCUT2D eigenvalue weighted by Gasteiger charge is -2.27. The van der Waals surface area contributed by atoms with Crippen LogP contribution in [0.1, 0.15) is 17.0 Å². The van der Waals surface area contributed by atoms with E-state index in [-0.39, 0.29) is 24.2 Å². The predicted molar refractivity (Wildman–Crippen MR) is 144 cm³/mol. The van der Waals surface area contributed by atoms with Gasteiger partial charge >= 0.3 is 12.3 Å². The summed E-state index contributed by atoms with van der Waals surface area (Å²) in [5.74, 6) is -0.898. The van der Waals surface area contributed by atoms with Gasteiger partial charge in [-0.15, -0.1) is 13.2 Å². The van der Waals surface area contributed by atoms with E-state index >= 15 is 0 Å².